The third-order valence-corrected chi connectivity index (χ3v) is 3.42. The number of thiophene rings is 1. The molecule has 0 amide bonds. The van der Waals surface area contributed by atoms with Gasteiger partial charge in [-0.25, -0.2) is 0 Å². The third-order valence-electron chi connectivity index (χ3n) is 2.49. The molecular formula is C13H20OS. The molecule has 1 nitrogen and oxygen atoms in total. The fraction of sp³-hybridized carbons (Fsp3) is 0.538. The highest BCUT2D eigenvalue weighted by Crippen LogP contribution is 2.14. The highest BCUT2D eigenvalue weighted by Gasteiger charge is 2.03. The highest BCUT2D eigenvalue weighted by molar-refractivity contribution is 7.09. The molecule has 1 atom stereocenters. The third kappa shape index (κ3) is 5.75. The van der Waals surface area contributed by atoms with Gasteiger partial charge in [0.1, 0.15) is 0 Å². The SMILES string of the molecule is C=CCCCC(O)CCCc1cccs1. The Labute approximate surface area is 96.5 Å². The van der Waals surface area contributed by atoms with Gasteiger partial charge in [0.05, 0.1) is 6.10 Å². The number of allylic oxidation sites excluding steroid dienone is 1. The standard InChI is InChI=1S/C13H20OS/c1-2-3-4-7-12(14)8-5-9-13-10-6-11-15-13/h2,6,10-12,14H,1,3-5,7-9H2. The van der Waals surface area contributed by atoms with Crippen molar-refractivity contribution in [3.8, 4) is 0 Å². The summed E-state index contributed by atoms with van der Waals surface area (Å²) in [5.74, 6) is 0. The lowest BCUT2D eigenvalue weighted by Gasteiger charge is -2.08. The first kappa shape index (κ1) is 12.5. The first-order valence-corrected chi connectivity index (χ1v) is 6.52. The predicted octanol–water partition coefficient (Wildman–Crippen LogP) is 3.79. The van der Waals surface area contributed by atoms with Crippen molar-refractivity contribution < 1.29 is 5.11 Å². The van der Waals surface area contributed by atoms with Crippen molar-refractivity contribution in [1.82, 2.24) is 0 Å². The van der Waals surface area contributed by atoms with Crippen LogP contribution in [0.2, 0.25) is 0 Å². The Morgan fingerprint density at radius 3 is 2.87 bits per heavy atom. The van der Waals surface area contributed by atoms with Crippen LogP contribution in [0.25, 0.3) is 0 Å². The molecule has 1 aromatic heterocycles. The number of unbranched alkanes of at least 4 members (excludes halogenated alkanes) is 1. The lowest BCUT2D eigenvalue weighted by molar-refractivity contribution is 0.150. The molecule has 1 aromatic rings. The zero-order valence-corrected chi connectivity index (χ0v) is 10.0. The fourth-order valence-electron chi connectivity index (χ4n) is 1.61. The summed E-state index contributed by atoms with van der Waals surface area (Å²) in [5.41, 5.74) is 0. The lowest BCUT2D eigenvalue weighted by atomic mass is 10.1. The van der Waals surface area contributed by atoms with Gasteiger partial charge in [-0.1, -0.05) is 12.1 Å². The summed E-state index contributed by atoms with van der Waals surface area (Å²) in [6, 6.07) is 4.25. The van der Waals surface area contributed by atoms with Gasteiger partial charge in [-0.05, 0) is 50.0 Å². The van der Waals surface area contributed by atoms with Crippen molar-refractivity contribution in [3.63, 3.8) is 0 Å². The maximum atomic E-state index is 9.67. The van der Waals surface area contributed by atoms with Crippen LogP contribution in [0, 0.1) is 0 Å². The van der Waals surface area contributed by atoms with Gasteiger partial charge in [0.2, 0.25) is 0 Å². The largest absolute Gasteiger partial charge is 0.393 e. The van der Waals surface area contributed by atoms with Crippen LogP contribution in [-0.4, -0.2) is 11.2 Å². The van der Waals surface area contributed by atoms with E-state index in [4.69, 9.17) is 0 Å². The average molecular weight is 224 g/mol. The van der Waals surface area contributed by atoms with Crippen molar-refractivity contribution in [2.75, 3.05) is 0 Å². The van der Waals surface area contributed by atoms with Crippen LogP contribution in [0.4, 0.5) is 0 Å². The van der Waals surface area contributed by atoms with E-state index in [2.05, 4.69) is 24.1 Å². The first-order valence-electron chi connectivity index (χ1n) is 5.64. The van der Waals surface area contributed by atoms with Gasteiger partial charge in [-0.3, -0.25) is 0 Å². The molecule has 0 radical (unpaired) electrons. The molecule has 0 aliphatic heterocycles. The van der Waals surface area contributed by atoms with Gasteiger partial charge in [-0.2, -0.15) is 0 Å². The van der Waals surface area contributed by atoms with Gasteiger partial charge in [0.25, 0.3) is 0 Å². The molecular weight excluding hydrogens is 204 g/mol. The molecule has 0 bridgehead atoms. The van der Waals surface area contributed by atoms with Crippen molar-refractivity contribution in [3.05, 3.63) is 35.0 Å². The summed E-state index contributed by atoms with van der Waals surface area (Å²) in [7, 11) is 0. The maximum absolute atomic E-state index is 9.67. The molecule has 0 aliphatic rings. The molecule has 0 saturated carbocycles. The van der Waals surface area contributed by atoms with Crippen LogP contribution < -0.4 is 0 Å². The number of aryl methyl sites for hydroxylation is 1. The summed E-state index contributed by atoms with van der Waals surface area (Å²) in [6.45, 7) is 3.67. The number of rotatable bonds is 8. The number of aliphatic hydroxyl groups excluding tert-OH is 1. The normalized spacial score (nSPS) is 12.6. The zero-order valence-electron chi connectivity index (χ0n) is 9.19. The molecule has 1 heterocycles. The number of hydrogen-bond acceptors (Lipinski definition) is 2. The summed E-state index contributed by atoms with van der Waals surface area (Å²) in [5, 5.41) is 11.8. The summed E-state index contributed by atoms with van der Waals surface area (Å²) < 4.78 is 0. The molecule has 84 valence electrons. The Hall–Kier alpha value is -0.600. The molecule has 0 aliphatic carbocycles. The topological polar surface area (TPSA) is 20.2 Å². The van der Waals surface area contributed by atoms with Crippen LogP contribution in [0.5, 0.6) is 0 Å². The summed E-state index contributed by atoms with van der Waals surface area (Å²) in [4.78, 5) is 1.42. The van der Waals surface area contributed by atoms with Gasteiger partial charge in [0.15, 0.2) is 0 Å². The van der Waals surface area contributed by atoms with Gasteiger partial charge < -0.3 is 5.11 Å². The van der Waals surface area contributed by atoms with E-state index in [-0.39, 0.29) is 6.10 Å². The molecule has 0 spiro atoms. The van der Waals surface area contributed by atoms with Crippen molar-refractivity contribution >= 4 is 11.3 Å². The molecule has 0 saturated heterocycles. The summed E-state index contributed by atoms with van der Waals surface area (Å²) >= 11 is 1.80. The van der Waals surface area contributed by atoms with E-state index in [0.29, 0.717) is 0 Å². The fourth-order valence-corrected chi connectivity index (χ4v) is 2.36. The van der Waals surface area contributed by atoms with Gasteiger partial charge in [0, 0.05) is 4.88 Å². The van der Waals surface area contributed by atoms with Crippen molar-refractivity contribution in [2.45, 2.75) is 44.6 Å². The summed E-state index contributed by atoms with van der Waals surface area (Å²) in [6.07, 6.45) is 7.91. The van der Waals surface area contributed by atoms with E-state index in [1.165, 1.54) is 4.88 Å². The first-order chi connectivity index (χ1) is 7.33. The monoisotopic (exact) mass is 224 g/mol. The Morgan fingerprint density at radius 2 is 2.20 bits per heavy atom. The Morgan fingerprint density at radius 1 is 1.40 bits per heavy atom. The second-order valence-corrected chi connectivity index (χ2v) is 4.88. The second-order valence-electron chi connectivity index (χ2n) is 3.84. The van der Waals surface area contributed by atoms with E-state index < -0.39 is 0 Å². The minimum Gasteiger partial charge on any atom is -0.393 e. The Bertz CT molecular complexity index is 254. The molecule has 1 rings (SSSR count). The quantitative estimate of drug-likeness (QED) is 0.526. The number of aliphatic hydroxyl groups is 1. The molecule has 0 fully saturated rings. The molecule has 15 heavy (non-hydrogen) atoms. The second kappa shape index (κ2) is 7.66. The number of hydrogen-bond donors (Lipinski definition) is 1. The molecule has 1 unspecified atom stereocenters. The van der Waals surface area contributed by atoms with Gasteiger partial charge >= 0.3 is 0 Å². The van der Waals surface area contributed by atoms with Crippen LogP contribution in [0.15, 0.2) is 30.2 Å². The Kier molecular flexibility index (Phi) is 6.37. The molecule has 1 N–H and O–H groups in total. The van der Waals surface area contributed by atoms with E-state index >= 15 is 0 Å². The maximum Gasteiger partial charge on any atom is 0.0540 e. The smallest absolute Gasteiger partial charge is 0.0540 e. The van der Waals surface area contributed by atoms with E-state index in [9.17, 15) is 5.11 Å². The van der Waals surface area contributed by atoms with Crippen LogP contribution in [0.3, 0.4) is 0 Å². The van der Waals surface area contributed by atoms with Crippen LogP contribution >= 0.6 is 11.3 Å². The minimum atomic E-state index is -0.120. The predicted molar refractivity (Wildman–Crippen MR) is 67.3 cm³/mol. The molecule has 0 aromatic carbocycles. The van der Waals surface area contributed by atoms with Crippen molar-refractivity contribution in [2.24, 2.45) is 0 Å². The average Bonchev–Trinajstić information content (AvgIpc) is 2.71. The molecule has 2 heteroatoms. The van der Waals surface area contributed by atoms with E-state index in [0.717, 1.165) is 38.5 Å². The lowest BCUT2D eigenvalue weighted by Crippen LogP contribution is -2.06. The Balaban J connectivity index is 2.01. The van der Waals surface area contributed by atoms with E-state index in [1.54, 1.807) is 11.3 Å². The van der Waals surface area contributed by atoms with E-state index in [1.807, 2.05) is 6.08 Å². The zero-order chi connectivity index (χ0) is 10.9. The van der Waals surface area contributed by atoms with Gasteiger partial charge in [-0.15, -0.1) is 17.9 Å². The van der Waals surface area contributed by atoms with Crippen LogP contribution in [0.1, 0.15) is 37.0 Å². The van der Waals surface area contributed by atoms with Crippen molar-refractivity contribution in [1.29, 1.82) is 0 Å². The van der Waals surface area contributed by atoms with Crippen LogP contribution in [-0.2, 0) is 6.42 Å². The highest BCUT2D eigenvalue weighted by atomic mass is 32.1. The minimum absolute atomic E-state index is 0.120.